The van der Waals surface area contributed by atoms with Crippen LogP contribution in [-0.4, -0.2) is 10.5 Å². The number of anilines is 1. The molecule has 3 nitrogen and oxygen atoms in total. The molecule has 0 aliphatic carbocycles. The lowest BCUT2D eigenvalue weighted by Gasteiger charge is -2.13. The van der Waals surface area contributed by atoms with Crippen LogP contribution in [0.5, 0.6) is 0 Å². The molecule has 3 aromatic rings. The van der Waals surface area contributed by atoms with Gasteiger partial charge in [0.2, 0.25) is 5.91 Å². The second-order valence-electron chi connectivity index (χ2n) is 5.55. The van der Waals surface area contributed by atoms with Crippen molar-refractivity contribution >= 4 is 22.5 Å². The molecule has 1 amide bonds. The van der Waals surface area contributed by atoms with Crippen LogP contribution in [0.3, 0.4) is 0 Å². The minimum Gasteiger partial charge on any atom is -0.350 e. The van der Waals surface area contributed by atoms with Gasteiger partial charge < -0.3 is 9.88 Å². The van der Waals surface area contributed by atoms with Crippen molar-refractivity contribution < 1.29 is 18.0 Å². The van der Waals surface area contributed by atoms with E-state index in [0.717, 1.165) is 22.5 Å². The largest absolute Gasteiger partial charge is 0.418 e. The maximum Gasteiger partial charge on any atom is 0.418 e. The number of halogens is 3. The van der Waals surface area contributed by atoms with Gasteiger partial charge in [-0.05, 0) is 23.8 Å². The molecular formula is C18H15F3N2O. The van der Waals surface area contributed by atoms with Gasteiger partial charge in [0.25, 0.3) is 0 Å². The van der Waals surface area contributed by atoms with E-state index >= 15 is 0 Å². The molecule has 3 rings (SSSR count). The van der Waals surface area contributed by atoms with Gasteiger partial charge in [-0.1, -0.05) is 30.3 Å². The number of hydrogen-bond acceptors (Lipinski definition) is 1. The normalized spacial score (nSPS) is 11.7. The van der Waals surface area contributed by atoms with Crippen LogP contribution in [0.4, 0.5) is 18.9 Å². The standard InChI is InChI=1S/C18H15F3N2O/c1-23-11-12(13-6-2-5-9-16(13)23)10-17(24)22-15-8-4-3-7-14(15)18(19,20)21/h2-9,11H,10H2,1H3,(H,22,24). The fourth-order valence-electron chi connectivity index (χ4n) is 2.77. The van der Waals surface area contributed by atoms with Gasteiger partial charge in [-0.25, -0.2) is 0 Å². The average Bonchev–Trinajstić information content (AvgIpc) is 2.83. The lowest BCUT2D eigenvalue weighted by atomic mass is 10.1. The van der Waals surface area contributed by atoms with Gasteiger partial charge >= 0.3 is 6.18 Å². The van der Waals surface area contributed by atoms with E-state index in [1.165, 1.54) is 18.2 Å². The first kappa shape index (κ1) is 16.1. The van der Waals surface area contributed by atoms with E-state index in [0.29, 0.717) is 0 Å². The number of fused-ring (bicyclic) bond motifs is 1. The number of carbonyl (C=O) groups is 1. The van der Waals surface area contributed by atoms with E-state index < -0.39 is 17.6 Å². The number of hydrogen-bond donors (Lipinski definition) is 1. The molecule has 1 N–H and O–H groups in total. The summed E-state index contributed by atoms with van der Waals surface area (Å²) in [7, 11) is 1.86. The zero-order valence-electron chi connectivity index (χ0n) is 12.9. The van der Waals surface area contributed by atoms with Gasteiger partial charge in [-0.15, -0.1) is 0 Å². The van der Waals surface area contributed by atoms with Crippen LogP contribution < -0.4 is 5.32 Å². The molecule has 0 spiro atoms. The van der Waals surface area contributed by atoms with Crippen LogP contribution in [-0.2, 0) is 24.4 Å². The second-order valence-corrected chi connectivity index (χ2v) is 5.55. The molecule has 6 heteroatoms. The first-order chi connectivity index (χ1) is 11.4. The number of aryl methyl sites for hydroxylation is 1. The summed E-state index contributed by atoms with van der Waals surface area (Å²) in [5.41, 5.74) is 0.664. The first-order valence-electron chi connectivity index (χ1n) is 7.35. The van der Waals surface area contributed by atoms with Crippen molar-refractivity contribution in [3.05, 3.63) is 65.9 Å². The maximum absolute atomic E-state index is 13.0. The first-order valence-corrected chi connectivity index (χ1v) is 7.35. The van der Waals surface area contributed by atoms with E-state index in [4.69, 9.17) is 0 Å². The quantitative estimate of drug-likeness (QED) is 0.759. The average molecular weight is 332 g/mol. The summed E-state index contributed by atoms with van der Waals surface area (Å²) in [6.07, 6.45) is -2.68. The van der Waals surface area contributed by atoms with Crippen molar-refractivity contribution in [2.45, 2.75) is 12.6 Å². The molecule has 0 atom stereocenters. The van der Waals surface area contributed by atoms with Crippen molar-refractivity contribution in [2.24, 2.45) is 7.05 Å². The van der Waals surface area contributed by atoms with Crippen molar-refractivity contribution in [2.75, 3.05) is 5.32 Å². The summed E-state index contributed by atoms with van der Waals surface area (Å²) in [4.78, 5) is 12.2. The van der Waals surface area contributed by atoms with Crippen molar-refractivity contribution in [1.29, 1.82) is 0 Å². The van der Waals surface area contributed by atoms with Gasteiger partial charge in [0.15, 0.2) is 0 Å². The highest BCUT2D eigenvalue weighted by Gasteiger charge is 2.33. The Balaban J connectivity index is 1.84. The predicted molar refractivity (Wildman–Crippen MR) is 86.7 cm³/mol. The van der Waals surface area contributed by atoms with E-state index in [9.17, 15) is 18.0 Å². The third-order valence-electron chi connectivity index (χ3n) is 3.84. The maximum atomic E-state index is 13.0. The van der Waals surface area contributed by atoms with Crippen LogP contribution in [0.1, 0.15) is 11.1 Å². The summed E-state index contributed by atoms with van der Waals surface area (Å²) in [5.74, 6) is -0.483. The number of benzene rings is 2. The van der Waals surface area contributed by atoms with Gasteiger partial charge in [0.1, 0.15) is 0 Å². The third-order valence-corrected chi connectivity index (χ3v) is 3.84. The van der Waals surface area contributed by atoms with E-state index in [-0.39, 0.29) is 12.1 Å². The molecule has 24 heavy (non-hydrogen) atoms. The number of para-hydroxylation sites is 2. The lowest BCUT2D eigenvalue weighted by molar-refractivity contribution is -0.137. The number of alkyl halides is 3. The molecule has 0 aliphatic rings. The fourth-order valence-corrected chi connectivity index (χ4v) is 2.77. The summed E-state index contributed by atoms with van der Waals surface area (Å²) < 4.78 is 40.8. The second kappa shape index (κ2) is 6.03. The molecule has 0 saturated carbocycles. The van der Waals surface area contributed by atoms with Crippen molar-refractivity contribution in [3.63, 3.8) is 0 Å². The van der Waals surface area contributed by atoms with E-state index in [1.807, 2.05) is 42.1 Å². The Morgan fingerprint density at radius 1 is 1.08 bits per heavy atom. The summed E-state index contributed by atoms with van der Waals surface area (Å²) >= 11 is 0. The fraction of sp³-hybridized carbons (Fsp3) is 0.167. The molecule has 1 aromatic heterocycles. The Kier molecular flexibility index (Phi) is 4.05. The van der Waals surface area contributed by atoms with Gasteiger partial charge in [0.05, 0.1) is 17.7 Å². The summed E-state index contributed by atoms with van der Waals surface area (Å²) in [5, 5.41) is 3.29. The van der Waals surface area contributed by atoms with Crippen molar-refractivity contribution in [3.8, 4) is 0 Å². The predicted octanol–water partition coefficient (Wildman–Crippen LogP) is 4.38. The molecule has 1 heterocycles. The van der Waals surface area contributed by atoms with E-state index in [2.05, 4.69) is 5.32 Å². The Bertz CT molecular complexity index is 897. The highest BCUT2D eigenvalue weighted by molar-refractivity contribution is 5.96. The van der Waals surface area contributed by atoms with Gasteiger partial charge in [0, 0.05) is 24.1 Å². The Labute approximate surface area is 136 Å². The third kappa shape index (κ3) is 3.13. The minimum absolute atomic E-state index is 0.00748. The van der Waals surface area contributed by atoms with Crippen LogP contribution in [0, 0.1) is 0 Å². The molecule has 2 aromatic carbocycles. The lowest BCUT2D eigenvalue weighted by Crippen LogP contribution is -2.18. The van der Waals surface area contributed by atoms with E-state index in [1.54, 1.807) is 0 Å². The van der Waals surface area contributed by atoms with Crippen LogP contribution >= 0.6 is 0 Å². The van der Waals surface area contributed by atoms with Gasteiger partial charge in [-0.3, -0.25) is 4.79 Å². The number of nitrogens with one attached hydrogen (secondary N) is 1. The monoisotopic (exact) mass is 332 g/mol. The molecular weight excluding hydrogens is 317 g/mol. The van der Waals surface area contributed by atoms with Gasteiger partial charge in [-0.2, -0.15) is 13.2 Å². The molecule has 0 bridgehead atoms. The molecule has 0 unspecified atom stereocenters. The van der Waals surface area contributed by atoms with Crippen molar-refractivity contribution in [1.82, 2.24) is 4.57 Å². The number of rotatable bonds is 3. The zero-order valence-corrected chi connectivity index (χ0v) is 12.9. The number of nitrogens with zero attached hydrogens (tertiary/aromatic N) is 1. The smallest absolute Gasteiger partial charge is 0.350 e. The highest BCUT2D eigenvalue weighted by atomic mass is 19.4. The SMILES string of the molecule is Cn1cc(CC(=O)Nc2ccccc2C(F)(F)F)c2ccccc21. The summed E-state index contributed by atoms with van der Waals surface area (Å²) in [6, 6.07) is 12.5. The molecule has 124 valence electrons. The topological polar surface area (TPSA) is 34.0 Å². The number of carbonyl (C=O) groups excluding carboxylic acids is 1. The Hall–Kier alpha value is -2.76. The molecule has 0 aliphatic heterocycles. The number of aromatic nitrogens is 1. The molecule has 0 radical (unpaired) electrons. The Morgan fingerprint density at radius 2 is 1.75 bits per heavy atom. The van der Waals surface area contributed by atoms with Crippen LogP contribution in [0.2, 0.25) is 0 Å². The van der Waals surface area contributed by atoms with Crippen LogP contribution in [0.15, 0.2) is 54.7 Å². The number of amides is 1. The molecule has 0 saturated heterocycles. The molecule has 0 fully saturated rings. The highest BCUT2D eigenvalue weighted by Crippen LogP contribution is 2.34. The van der Waals surface area contributed by atoms with Crippen LogP contribution in [0.25, 0.3) is 10.9 Å². The Morgan fingerprint density at radius 3 is 2.50 bits per heavy atom. The zero-order chi connectivity index (χ0) is 17.3. The minimum atomic E-state index is -4.51. The summed E-state index contributed by atoms with van der Waals surface area (Å²) in [6.45, 7) is 0.